The van der Waals surface area contributed by atoms with Gasteiger partial charge in [0.1, 0.15) is 10.9 Å². The van der Waals surface area contributed by atoms with Crippen LogP contribution in [0.4, 0.5) is 5.82 Å². The number of nitrogen functional groups attached to an aromatic ring is 1. The number of fused-ring (bicyclic) bond motifs is 2. The predicted molar refractivity (Wildman–Crippen MR) is 96.5 cm³/mol. The van der Waals surface area contributed by atoms with Crippen LogP contribution in [0.1, 0.15) is 30.2 Å². The van der Waals surface area contributed by atoms with Crippen molar-refractivity contribution in [3.05, 3.63) is 59.0 Å². The third-order valence-electron chi connectivity index (χ3n) is 3.97. The molecule has 3 N–H and O–H groups in total. The van der Waals surface area contributed by atoms with Crippen LogP contribution in [0.3, 0.4) is 0 Å². The van der Waals surface area contributed by atoms with Gasteiger partial charge in [-0.25, -0.2) is 4.57 Å². The normalized spacial score (nSPS) is 11.2. The van der Waals surface area contributed by atoms with Crippen LogP contribution in [-0.2, 0) is 0 Å². The molecule has 0 bridgehead atoms. The molecule has 0 saturated heterocycles. The van der Waals surface area contributed by atoms with Crippen molar-refractivity contribution >= 4 is 28.4 Å². The molecule has 0 saturated carbocycles. The van der Waals surface area contributed by atoms with Crippen LogP contribution in [0.25, 0.3) is 16.7 Å². The Balaban J connectivity index is 2.41. The van der Waals surface area contributed by atoms with E-state index < -0.39 is 0 Å². The first kappa shape index (κ1) is 16.6. The van der Waals surface area contributed by atoms with Gasteiger partial charge >= 0.3 is 0 Å². The topological polar surface area (TPSA) is 93.4 Å². The molecule has 7 nitrogen and oxygen atoms in total. The van der Waals surface area contributed by atoms with E-state index in [9.17, 15) is 9.59 Å². The number of anilines is 1. The molecule has 7 heteroatoms. The van der Waals surface area contributed by atoms with Gasteiger partial charge in [-0.3, -0.25) is 14.0 Å². The Morgan fingerprint density at radius 3 is 2.92 bits per heavy atom. The van der Waals surface area contributed by atoms with E-state index in [0.717, 1.165) is 0 Å². The Labute approximate surface area is 144 Å². The lowest BCUT2D eigenvalue weighted by Crippen LogP contribution is -2.44. The first-order chi connectivity index (χ1) is 12.0. The molecular weight excluding hydrogens is 318 g/mol. The highest BCUT2D eigenvalue weighted by Gasteiger charge is 2.25. The van der Waals surface area contributed by atoms with E-state index in [1.807, 2.05) is 19.9 Å². The predicted octanol–water partition coefficient (Wildman–Crippen LogP) is 1.21. The lowest BCUT2D eigenvalue weighted by molar-refractivity contribution is -0.679. The third-order valence-corrected chi connectivity index (χ3v) is 3.97. The van der Waals surface area contributed by atoms with Crippen LogP contribution >= 0.6 is 0 Å². The smallest absolute Gasteiger partial charge is 0.278 e. The SMILES string of the molecule is C=CCNC(=O)c1cc2c(=O)n3ccccc3nc2[n+](C(C)C)c1N. The van der Waals surface area contributed by atoms with Crippen molar-refractivity contribution in [1.29, 1.82) is 0 Å². The highest BCUT2D eigenvalue weighted by atomic mass is 16.1. The fourth-order valence-corrected chi connectivity index (χ4v) is 2.83. The van der Waals surface area contributed by atoms with Gasteiger partial charge in [-0.15, -0.1) is 6.58 Å². The summed E-state index contributed by atoms with van der Waals surface area (Å²) >= 11 is 0. The second-order valence-corrected chi connectivity index (χ2v) is 5.99. The van der Waals surface area contributed by atoms with Gasteiger partial charge in [0.25, 0.3) is 17.1 Å². The van der Waals surface area contributed by atoms with Crippen LogP contribution < -0.4 is 21.2 Å². The van der Waals surface area contributed by atoms with Crippen molar-refractivity contribution < 1.29 is 9.36 Å². The largest absolute Gasteiger partial charge is 0.348 e. The zero-order chi connectivity index (χ0) is 18.1. The number of nitrogens with one attached hydrogen (secondary N) is 1. The Morgan fingerprint density at radius 1 is 1.48 bits per heavy atom. The third kappa shape index (κ3) is 2.73. The quantitative estimate of drug-likeness (QED) is 0.425. The second kappa shape index (κ2) is 6.35. The average molecular weight is 338 g/mol. The van der Waals surface area contributed by atoms with Gasteiger partial charge in [0.15, 0.2) is 0 Å². The lowest BCUT2D eigenvalue weighted by Gasteiger charge is -2.14. The van der Waals surface area contributed by atoms with Crippen molar-refractivity contribution in [2.75, 3.05) is 12.3 Å². The monoisotopic (exact) mass is 338 g/mol. The van der Waals surface area contributed by atoms with Gasteiger partial charge in [-0.2, -0.15) is 0 Å². The number of nitrogens with two attached hydrogens (primary N) is 1. The number of carbonyl (C=O) groups excluding carboxylic acids is 1. The standard InChI is InChI=1S/C18H19N5O2/c1-4-8-20-17(24)12-10-13-16(23(11(2)3)15(12)19)21-14-7-5-6-9-22(14)18(13)25/h4-7,9-11,19H,1,8H2,2-3H3,(H,20,24)/p+1. The molecule has 0 atom stereocenters. The number of hydrogen-bond donors (Lipinski definition) is 2. The van der Waals surface area contributed by atoms with Crippen LogP contribution in [-0.4, -0.2) is 21.8 Å². The van der Waals surface area contributed by atoms with Crippen molar-refractivity contribution in [2.45, 2.75) is 19.9 Å². The molecule has 3 rings (SSSR count). The minimum atomic E-state index is -0.355. The van der Waals surface area contributed by atoms with E-state index in [1.165, 1.54) is 10.5 Å². The number of hydrogen-bond acceptors (Lipinski definition) is 4. The summed E-state index contributed by atoms with van der Waals surface area (Å²) in [5, 5.41) is 3.04. The van der Waals surface area contributed by atoms with Gasteiger partial charge in [0, 0.05) is 12.7 Å². The van der Waals surface area contributed by atoms with Crippen molar-refractivity contribution in [3.63, 3.8) is 0 Å². The maximum Gasteiger partial charge on any atom is 0.278 e. The molecule has 0 aliphatic heterocycles. The zero-order valence-corrected chi connectivity index (χ0v) is 14.2. The highest BCUT2D eigenvalue weighted by molar-refractivity contribution is 6.00. The molecule has 0 aliphatic rings. The van der Waals surface area contributed by atoms with Gasteiger partial charge in [-0.05, 0) is 32.0 Å². The summed E-state index contributed by atoms with van der Waals surface area (Å²) in [5.41, 5.74) is 7.24. The maximum absolute atomic E-state index is 12.9. The minimum Gasteiger partial charge on any atom is -0.348 e. The first-order valence-electron chi connectivity index (χ1n) is 8.00. The van der Waals surface area contributed by atoms with E-state index in [2.05, 4.69) is 16.9 Å². The summed E-state index contributed by atoms with van der Waals surface area (Å²) < 4.78 is 3.17. The fourth-order valence-electron chi connectivity index (χ4n) is 2.83. The molecular formula is C18H20N5O2+. The summed E-state index contributed by atoms with van der Waals surface area (Å²) in [4.78, 5) is 29.9. The lowest BCUT2D eigenvalue weighted by atomic mass is 10.1. The Kier molecular flexibility index (Phi) is 4.22. The number of nitrogens with zero attached hydrogens (tertiary/aromatic N) is 3. The minimum absolute atomic E-state index is 0.0762. The van der Waals surface area contributed by atoms with Crippen LogP contribution in [0.5, 0.6) is 0 Å². The number of pyridine rings is 2. The summed E-state index contributed by atoms with van der Waals surface area (Å²) in [6, 6.07) is 6.76. The van der Waals surface area contributed by atoms with Crippen LogP contribution in [0, 0.1) is 0 Å². The molecule has 0 unspecified atom stereocenters. The highest BCUT2D eigenvalue weighted by Crippen LogP contribution is 2.16. The molecule has 128 valence electrons. The molecule has 3 aromatic heterocycles. The number of rotatable bonds is 4. The van der Waals surface area contributed by atoms with Gasteiger partial charge < -0.3 is 11.1 Å². The molecule has 0 fully saturated rings. The number of carbonyl (C=O) groups is 1. The molecule has 25 heavy (non-hydrogen) atoms. The molecule has 0 aromatic carbocycles. The van der Waals surface area contributed by atoms with Gasteiger partial charge in [0.05, 0.1) is 6.04 Å². The molecule has 0 spiro atoms. The Hall–Kier alpha value is -3.22. The summed E-state index contributed by atoms with van der Waals surface area (Å²) in [6.07, 6.45) is 3.23. The van der Waals surface area contributed by atoms with Gasteiger partial charge in [0.2, 0.25) is 11.5 Å². The molecule has 0 aliphatic carbocycles. The average Bonchev–Trinajstić information content (AvgIpc) is 2.59. The summed E-state index contributed by atoms with van der Waals surface area (Å²) in [6.45, 7) is 7.74. The van der Waals surface area contributed by atoms with E-state index in [0.29, 0.717) is 23.2 Å². The molecule has 3 aromatic rings. The van der Waals surface area contributed by atoms with E-state index in [1.54, 1.807) is 29.0 Å². The van der Waals surface area contributed by atoms with E-state index in [-0.39, 0.29) is 28.9 Å². The molecule has 3 heterocycles. The number of amides is 1. The first-order valence-corrected chi connectivity index (χ1v) is 8.00. The Morgan fingerprint density at radius 2 is 2.24 bits per heavy atom. The zero-order valence-electron chi connectivity index (χ0n) is 14.2. The maximum atomic E-state index is 12.9. The van der Waals surface area contributed by atoms with Crippen molar-refractivity contribution in [2.24, 2.45) is 0 Å². The van der Waals surface area contributed by atoms with Crippen LogP contribution in [0.2, 0.25) is 0 Å². The van der Waals surface area contributed by atoms with Crippen molar-refractivity contribution in [1.82, 2.24) is 14.7 Å². The summed E-state index contributed by atoms with van der Waals surface area (Å²) in [7, 11) is 0. The molecule has 0 radical (unpaired) electrons. The van der Waals surface area contributed by atoms with E-state index >= 15 is 0 Å². The van der Waals surface area contributed by atoms with Crippen LogP contribution in [0.15, 0.2) is 47.9 Å². The second-order valence-electron chi connectivity index (χ2n) is 5.99. The number of aromatic nitrogens is 3. The van der Waals surface area contributed by atoms with Gasteiger partial charge in [-0.1, -0.05) is 17.1 Å². The fraction of sp³-hybridized carbons (Fsp3) is 0.222. The van der Waals surface area contributed by atoms with Crippen molar-refractivity contribution in [3.8, 4) is 0 Å². The summed E-state index contributed by atoms with van der Waals surface area (Å²) in [5.74, 6) is -0.0810. The van der Waals surface area contributed by atoms with E-state index in [4.69, 9.17) is 5.73 Å². The molecule has 1 amide bonds. The Bertz CT molecular complexity index is 1050.